The maximum atomic E-state index is 12.4. The number of alkyl halides is 3. The molecule has 1 aliphatic rings. The zero-order valence-electron chi connectivity index (χ0n) is 18.3. The van der Waals surface area contributed by atoms with Crippen molar-refractivity contribution < 1.29 is 32.1 Å². The zero-order valence-corrected chi connectivity index (χ0v) is 18.3. The molecule has 0 radical (unpaired) electrons. The van der Waals surface area contributed by atoms with Gasteiger partial charge in [-0.15, -0.1) is 0 Å². The number of piperidine rings is 1. The third kappa shape index (κ3) is 8.82. The number of methoxy groups -OCH3 is 2. The number of ether oxygens (including phenoxy) is 4. The Morgan fingerprint density at radius 3 is 2.52 bits per heavy atom. The molecule has 1 saturated heterocycles. The molecule has 0 spiro atoms. The second-order valence-electron chi connectivity index (χ2n) is 7.19. The van der Waals surface area contributed by atoms with E-state index in [1.807, 2.05) is 0 Å². The largest absolute Gasteiger partial charge is 0.493 e. The Labute approximate surface area is 181 Å². The smallest absolute Gasteiger partial charge is 0.422 e. The highest BCUT2D eigenvalue weighted by Gasteiger charge is 2.29. The number of hydrogen-bond donors (Lipinski definition) is 1. The summed E-state index contributed by atoms with van der Waals surface area (Å²) in [6.07, 6.45) is -1.41. The van der Waals surface area contributed by atoms with Gasteiger partial charge in [0.2, 0.25) is 0 Å². The fraction of sp³-hybridized carbons (Fsp3) is 0.667. The van der Waals surface area contributed by atoms with Gasteiger partial charge in [0.15, 0.2) is 24.1 Å². The van der Waals surface area contributed by atoms with E-state index in [0.717, 1.165) is 43.9 Å². The van der Waals surface area contributed by atoms with E-state index >= 15 is 0 Å². The normalized spacial score (nSPS) is 15.8. The predicted molar refractivity (Wildman–Crippen MR) is 112 cm³/mol. The van der Waals surface area contributed by atoms with Crippen LogP contribution in [0.25, 0.3) is 0 Å². The first kappa shape index (κ1) is 25.1. The number of guanidine groups is 1. The molecule has 0 unspecified atom stereocenters. The van der Waals surface area contributed by atoms with E-state index in [9.17, 15) is 13.2 Å². The molecule has 0 aromatic heterocycles. The maximum Gasteiger partial charge on any atom is 0.422 e. The van der Waals surface area contributed by atoms with Crippen LogP contribution in [0.15, 0.2) is 23.2 Å². The standard InChI is InChI=1S/C21H32F3N3O4/c1-25-20(27-9-7-17(8-10-27)30-12-4-11-28-2)26-14-16-5-6-18(19(13-16)29-3)31-15-21(22,23)24/h5-6,13,17H,4,7-12,14-15H2,1-3H3,(H,25,26). The highest BCUT2D eigenvalue weighted by Crippen LogP contribution is 2.29. The van der Waals surface area contributed by atoms with Gasteiger partial charge in [-0.25, -0.2) is 0 Å². The molecule has 10 heteroatoms. The van der Waals surface area contributed by atoms with E-state index in [4.69, 9.17) is 18.9 Å². The van der Waals surface area contributed by atoms with Gasteiger partial charge in [0, 0.05) is 47.0 Å². The number of halogens is 3. The molecular weight excluding hydrogens is 415 g/mol. The van der Waals surface area contributed by atoms with Gasteiger partial charge < -0.3 is 29.2 Å². The van der Waals surface area contributed by atoms with E-state index in [1.54, 1.807) is 26.3 Å². The molecule has 1 aromatic carbocycles. The van der Waals surface area contributed by atoms with Crippen LogP contribution < -0.4 is 14.8 Å². The summed E-state index contributed by atoms with van der Waals surface area (Å²) in [6, 6.07) is 4.84. The van der Waals surface area contributed by atoms with Crippen molar-refractivity contribution in [2.45, 2.75) is 38.1 Å². The lowest BCUT2D eigenvalue weighted by Gasteiger charge is -2.34. The van der Waals surface area contributed by atoms with Crippen molar-refractivity contribution >= 4 is 5.96 Å². The Hall–Kier alpha value is -2.20. The number of hydrogen-bond acceptors (Lipinski definition) is 5. The second kappa shape index (κ2) is 12.6. The SMILES string of the molecule is CN=C(NCc1ccc(OCC(F)(F)F)c(OC)c1)N1CCC(OCCCOC)CC1. The molecule has 1 heterocycles. The minimum Gasteiger partial charge on any atom is -0.493 e. The summed E-state index contributed by atoms with van der Waals surface area (Å²) >= 11 is 0. The Morgan fingerprint density at radius 1 is 1.16 bits per heavy atom. The first-order valence-electron chi connectivity index (χ1n) is 10.3. The fourth-order valence-electron chi connectivity index (χ4n) is 3.30. The summed E-state index contributed by atoms with van der Waals surface area (Å²) in [7, 11) is 4.81. The Bertz CT molecular complexity index is 693. The molecule has 176 valence electrons. The molecule has 0 amide bonds. The summed E-state index contributed by atoms with van der Waals surface area (Å²) in [5.74, 6) is 1.08. The highest BCUT2D eigenvalue weighted by atomic mass is 19.4. The lowest BCUT2D eigenvalue weighted by atomic mass is 10.1. The number of benzene rings is 1. The van der Waals surface area contributed by atoms with E-state index in [2.05, 4.69) is 15.2 Å². The molecule has 0 saturated carbocycles. The summed E-state index contributed by atoms with van der Waals surface area (Å²) in [4.78, 5) is 6.52. The Morgan fingerprint density at radius 2 is 1.90 bits per heavy atom. The quantitative estimate of drug-likeness (QED) is 0.338. The van der Waals surface area contributed by atoms with Crippen LogP contribution in [-0.2, 0) is 16.0 Å². The highest BCUT2D eigenvalue weighted by molar-refractivity contribution is 5.80. The number of nitrogens with one attached hydrogen (secondary N) is 1. The van der Waals surface area contributed by atoms with Crippen molar-refractivity contribution in [1.29, 1.82) is 0 Å². The van der Waals surface area contributed by atoms with Gasteiger partial charge in [-0.05, 0) is 37.0 Å². The van der Waals surface area contributed by atoms with Gasteiger partial charge in [-0.2, -0.15) is 13.2 Å². The molecular formula is C21H32F3N3O4. The molecule has 1 aromatic rings. The van der Waals surface area contributed by atoms with Crippen LogP contribution in [0.2, 0.25) is 0 Å². The minimum absolute atomic E-state index is 0.0560. The van der Waals surface area contributed by atoms with Crippen LogP contribution in [0.3, 0.4) is 0 Å². The van der Waals surface area contributed by atoms with Crippen molar-refractivity contribution in [3.05, 3.63) is 23.8 Å². The monoisotopic (exact) mass is 447 g/mol. The molecule has 1 fully saturated rings. The molecule has 31 heavy (non-hydrogen) atoms. The van der Waals surface area contributed by atoms with E-state index in [0.29, 0.717) is 19.8 Å². The van der Waals surface area contributed by atoms with Crippen molar-refractivity contribution in [1.82, 2.24) is 10.2 Å². The van der Waals surface area contributed by atoms with Crippen molar-refractivity contribution in [3.63, 3.8) is 0 Å². The number of rotatable bonds is 10. The predicted octanol–water partition coefficient (Wildman–Crippen LogP) is 3.23. The third-order valence-electron chi connectivity index (χ3n) is 4.87. The summed E-state index contributed by atoms with van der Waals surface area (Å²) in [6.45, 7) is 2.17. The van der Waals surface area contributed by atoms with Gasteiger partial charge in [0.25, 0.3) is 0 Å². The fourth-order valence-corrected chi connectivity index (χ4v) is 3.30. The molecule has 1 aliphatic heterocycles. The van der Waals surface area contributed by atoms with Crippen LogP contribution in [-0.4, -0.2) is 77.3 Å². The second-order valence-corrected chi connectivity index (χ2v) is 7.19. The van der Waals surface area contributed by atoms with Crippen LogP contribution >= 0.6 is 0 Å². The number of aliphatic imine (C=N–C) groups is 1. The van der Waals surface area contributed by atoms with Crippen LogP contribution in [0, 0.1) is 0 Å². The van der Waals surface area contributed by atoms with E-state index in [-0.39, 0.29) is 17.6 Å². The van der Waals surface area contributed by atoms with Gasteiger partial charge in [0.1, 0.15) is 0 Å². The maximum absolute atomic E-state index is 12.4. The van der Waals surface area contributed by atoms with Crippen LogP contribution in [0.5, 0.6) is 11.5 Å². The minimum atomic E-state index is -4.40. The molecule has 0 bridgehead atoms. The molecule has 0 atom stereocenters. The van der Waals surface area contributed by atoms with Crippen LogP contribution in [0.4, 0.5) is 13.2 Å². The average Bonchev–Trinajstić information content (AvgIpc) is 2.76. The van der Waals surface area contributed by atoms with Gasteiger partial charge >= 0.3 is 6.18 Å². The van der Waals surface area contributed by atoms with Crippen molar-refractivity contribution in [3.8, 4) is 11.5 Å². The molecule has 0 aliphatic carbocycles. The summed E-state index contributed by atoms with van der Waals surface area (Å²) in [5.41, 5.74) is 0.841. The summed E-state index contributed by atoms with van der Waals surface area (Å²) in [5, 5.41) is 3.30. The Kier molecular flexibility index (Phi) is 10.2. The Balaban J connectivity index is 1.83. The van der Waals surface area contributed by atoms with Crippen molar-refractivity contribution in [2.75, 3.05) is 54.2 Å². The van der Waals surface area contributed by atoms with Crippen molar-refractivity contribution in [2.24, 2.45) is 4.99 Å². The number of nitrogens with zero attached hydrogens (tertiary/aromatic N) is 2. The zero-order chi connectivity index (χ0) is 22.7. The topological polar surface area (TPSA) is 64.6 Å². The van der Waals surface area contributed by atoms with Crippen LogP contribution in [0.1, 0.15) is 24.8 Å². The lowest BCUT2D eigenvalue weighted by Crippen LogP contribution is -2.46. The lowest BCUT2D eigenvalue weighted by molar-refractivity contribution is -0.153. The first-order valence-corrected chi connectivity index (χ1v) is 10.3. The number of likely N-dealkylation sites (tertiary alicyclic amines) is 1. The third-order valence-corrected chi connectivity index (χ3v) is 4.87. The van der Waals surface area contributed by atoms with E-state index in [1.165, 1.54) is 13.2 Å². The molecule has 2 rings (SSSR count). The average molecular weight is 447 g/mol. The van der Waals surface area contributed by atoms with E-state index < -0.39 is 12.8 Å². The summed E-state index contributed by atoms with van der Waals surface area (Å²) < 4.78 is 58.1. The van der Waals surface area contributed by atoms with Gasteiger partial charge in [-0.3, -0.25) is 4.99 Å². The molecule has 1 N–H and O–H groups in total. The van der Waals surface area contributed by atoms with Gasteiger partial charge in [0.05, 0.1) is 13.2 Å². The molecule has 7 nitrogen and oxygen atoms in total. The van der Waals surface area contributed by atoms with Gasteiger partial charge in [-0.1, -0.05) is 6.07 Å². The first-order chi connectivity index (χ1) is 14.9.